The van der Waals surface area contributed by atoms with E-state index in [0.29, 0.717) is 12.3 Å². The van der Waals surface area contributed by atoms with Crippen LogP contribution in [-0.4, -0.2) is 17.9 Å². The molecule has 0 aliphatic rings. The van der Waals surface area contributed by atoms with Crippen LogP contribution in [0.1, 0.15) is 23.0 Å². The highest BCUT2D eigenvalue weighted by atomic mass is 16.5. The maximum Gasteiger partial charge on any atom is 0.178 e. The number of methoxy groups -OCH3 is 1. The molecule has 0 N–H and O–H groups in total. The molecule has 0 saturated carbocycles. The Hall–Kier alpha value is -1.22. The topological polar surface area (TPSA) is 39.2 Å². The van der Waals surface area contributed by atoms with E-state index in [1.165, 1.54) is 6.92 Å². The third-order valence-corrected chi connectivity index (χ3v) is 1.50. The van der Waals surface area contributed by atoms with Crippen LogP contribution in [0.25, 0.3) is 0 Å². The zero-order chi connectivity index (χ0) is 8.97. The molecule has 0 aromatic carbocycles. The Morgan fingerprint density at radius 3 is 3.00 bits per heavy atom. The Morgan fingerprint density at radius 1 is 1.67 bits per heavy atom. The fourth-order valence-electron chi connectivity index (χ4n) is 0.923. The Balaban J connectivity index is 2.88. The average Bonchev–Trinajstić information content (AvgIpc) is 2.05. The van der Waals surface area contributed by atoms with Crippen LogP contribution < -0.4 is 0 Å². The summed E-state index contributed by atoms with van der Waals surface area (Å²) >= 11 is 0. The van der Waals surface area contributed by atoms with Crippen LogP contribution in [0.2, 0.25) is 0 Å². The van der Waals surface area contributed by atoms with Crippen molar-refractivity contribution in [2.45, 2.75) is 13.5 Å². The van der Waals surface area contributed by atoms with E-state index >= 15 is 0 Å². The number of aromatic nitrogens is 1. The van der Waals surface area contributed by atoms with Gasteiger partial charge in [0.25, 0.3) is 0 Å². The molecule has 0 unspecified atom stereocenters. The van der Waals surface area contributed by atoms with Gasteiger partial charge in [0.15, 0.2) is 5.78 Å². The van der Waals surface area contributed by atoms with Crippen LogP contribution in [0.3, 0.4) is 0 Å². The van der Waals surface area contributed by atoms with Gasteiger partial charge in [-0.2, -0.15) is 0 Å². The van der Waals surface area contributed by atoms with Crippen molar-refractivity contribution in [3.05, 3.63) is 29.6 Å². The van der Waals surface area contributed by atoms with E-state index in [-0.39, 0.29) is 5.78 Å². The minimum atomic E-state index is -0.0204. The number of ether oxygens (including phenoxy) is 1. The molecule has 0 saturated heterocycles. The van der Waals surface area contributed by atoms with E-state index in [2.05, 4.69) is 4.98 Å². The lowest BCUT2D eigenvalue weighted by Gasteiger charge is -1.99. The molecule has 0 fully saturated rings. The van der Waals surface area contributed by atoms with Crippen LogP contribution in [0.15, 0.2) is 18.3 Å². The fraction of sp³-hybridized carbons (Fsp3) is 0.333. The Labute approximate surface area is 71.4 Å². The van der Waals surface area contributed by atoms with Crippen LogP contribution >= 0.6 is 0 Å². The van der Waals surface area contributed by atoms with Gasteiger partial charge in [-0.3, -0.25) is 9.78 Å². The summed E-state index contributed by atoms with van der Waals surface area (Å²) in [5.41, 5.74) is 1.46. The number of Topliss-reactive ketones (excluding diaryl/α,β-unsaturated/α-hetero) is 1. The molecule has 64 valence electrons. The van der Waals surface area contributed by atoms with Gasteiger partial charge in [-0.05, 0) is 17.7 Å². The third-order valence-electron chi connectivity index (χ3n) is 1.50. The minimum absolute atomic E-state index is 0.0204. The van der Waals surface area contributed by atoms with E-state index in [1.54, 1.807) is 19.4 Å². The molecule has 0 aliphatic heterocycles. The maximum atomic E-state index is 10.9. The molecule has 1 rings (SSSR count). The van der Waals surface area contributed by atoms with Gasteiger partial charge in [-0.25, -0.2) is 0 Å². The molecule has 1 heterocycles. The molecule has 3 heteroatoms. The molecule has 1 aromatic rings. The first-order chi connectivity index (χ1) is 5.74. The van der Waals surface area contributed by atoms with Crippen molar-refractivity contribution in [2.75, 3.05) is 7.11 Å². The standard InChI is InChI=1S/C9H11NO2/c1-7(11)9-5-8(6-12-2)3-4-10-9/h3-5H,6H2,1-2H3. The zero-order valence-electron chi connectivity index (χ0n) is 7.20. The Morgan fingerprint density at radius 2 is 2.42 bits per heavy atom. The van der Waals surface area contributed by atoms with E-state index < -0.39 is 0 Å². The Bertz CT molecular complexity index is 284. The van der Waals surface area contributed by atoms with Gasteiger partial charge in [-0.1, -0.05) is 0 Å². The lowest BCUT2D eigenvalue weighted by Crippen LogP contribution is -1.98. The molecule has 0 radical (unpaired) electrons. The molecule has 12 heavy (non-hydrogen) atoms. The summed E-state index contributed by atoms with van der Waals surface area (Å²) in [6.07, 6.45) is 1.62. The molecule has 0 aliphatic carbocycles. The van der Waals surface area contributed by atoms with Crippen molar-refractivity contribution < 1.29 is 9.53 Å². The summed E-state index contributed by atoms with van der Waals surface area (Å²) in [5.74, 6) is -0.0204. The summed E-state index contributed by atoms with van der Waals surface area (Å²) in [6, 6.07) is 3.57. The van der Waals surface area contributed by atoms with Crippen molar-refractivity contribution in [1.82, 2.24) is 4.98 Å². The average molecular weight is 165 g/mol. The number of carbonyl (C=O) groups excluding carboxylic acids is 1. The second-order valence-corrected chi connectivity index (χ2v) is 2.54. The molecular formula is C9H11NO2. The van der Waals surface area contributed by atoms with Crippen LogP contribution in [0.5, 0.6) is 0 Å². The van der Waals surface area contributed by atoms with Gasteiger partial charge in [0.05, 0.1) is 6.61 Å². The largest absolute Gasteiger partial charge is 0.380 e. The van der Waals surface area contributed by atoms with E-state index in [9.17, 15) is 4.79 Å². The third kappa shape index (κ3) is 2.13. The lowest BCUT2D eigenvalue weighted by molar-refractivity contribution is 0.101. The first-order valence-corrected chi connectivity index (χ1v) is 3.69. The molecule has 0 atom stereocenters. The van der Waals surface area contributed by atoms with E-state index in [1.807, 2.05) is 6.07 Å². The monoisotopic (exact) mass is 165 g/mol. The summed E-state index contributed by atoms with van der Waals surface area (Å²) in [7, 11) is 1.62. The number of hydrogen-bond donors (Lipinski definition) is 0. The number of ketones is 1. The highest BCUT2D eigenvalue weighted by Crippen LogP contribution is 2.03. The minimum Gasteiger partial charge on any atom is -0.380 e. The van der Waals surface area contributed by atoms with Crippen LogP contribution in [0.4, 0.5) is 0 Å². The number of carbonyl (C=O) groups is 1. The summed E-state index contributed by atoms with van der Waals surface area (Å²) in [6.45, 7) is 2.02. The van der Waals surface area contributed by atoms with Crippen molar-refractivity contribution in [1.29, 1.82) is 0 Å². The lowest BCUT2D eigenvalue weighted by atomic mass is 10.2. The van der Waals surface area contributed by atoms with Crippen molar-refractivity contribution in [2.24, 2.45) is 0 Å². The van der Waals surface area contributed by atoms with Gasteiger partial charge in [-0.15, -0.1) is 0 Å². The van der Waals surface area contributed by atoms with Gasteiger partial charge in [0.2, 0.25) is 0 Å². The smallest absolute Gasteiger partial charge is 0.178 e. The van der Waals surface area contributed by atoms with Crippen molar-refractivity contribution in [3.63, 3.8) is 0 Å². The van der Waals surface area contributed by atoms with Gasteiger partial charge in [0.1, 0.15) is 5.69 Å². The molecule has 1 aromatic heterocycles. The second kappa shape index (κ2) is 3.97. The predicted molar refractivity (Wildman–Crippen MR) is 45.0 cm³/mol. The zero-order valence-corrected chi connectivity index (χ0v) is 7.20. The van der Waals surface area contributed by atoms with Gasteiger partial charge < -0.3 is 4.74 Å². The predicted octanol–water partition coefficient (Wildman–Crippen LogP) is 1.43. The number of pyridine rings is 1. The molecule has 0 amide bonds. The molecule has 0 bridgehead atoms. The highest BCUT2D eigenvalue weighted by Gasteiger charge is 2.00. The number of hydrogen-bond acceptors (Lipinski definition) is 3. The first kappa shape index (κ1) is 8.87. The van der Waals surface area contributed by atoms with Crippen molar-refractivity contribution >= 4 is 5.78 Å². The molecular weight excluding hydrogens is 154 g/mol. The second-order valence-electron chi connectivity index (χ2n) is 2.54. The van der Waals surface area contributed by atoms with Crippen LogP contribution in [-0.2, 0) is 11.3 Å². The highest BCUT2D eigenvalue weighted by molar-refractivity contribution is 5.92. The van der Waals surface area contributed by atoms with Crippen molar-refractivity contribution in [3.8, 4) is 0 Å². The maximum absolute atomic E-state index is 10.9. The summed E-state index contributed by atoms with van der Waals surface area (Å²) in [5, 5.41) is 0. The van der Waals surface area contributed by atoms with E-state index in [4.69, 9.17) is 4.74 Å². The molecule has 0 spiro atoms. The fourth-order valence-corrected chi connectivity index (χ4v) is 0.923. The van der Waals surface area contributed by atoms with E-state index in [0.717, 1.165) is 5.56 Å². The quantitative estimate of drug-likeness (QED) is 0.636. The van der Waals surface area contributed by atoms with Gasteiger partial charge >= 0.3 is 0 Å². The normalized spacial score (nSPS) is 9.83. The summed E-state index contributed by atoms with van der Waals surface area (Å²) in [4.78, 5) is 14.8. The number of rotatable bonds is 3. The Kier molecular flexibility index (Phi) is 2.94. The van der Waals surface area contributed by atoms with Gasteiger partial charge in [0, 0.05) is 20.2 Å². The molecule has 3 nitrogen and oxygen atoms in total. The number of nitrogens with zero attached hydrogens (tertiary/aromatic N) is 1. The van der Waals surface area contributed by atoms with Crippen LogP contribution in [0, 0.1) is 0 Å². The SMILES string of the molecule is COCc1ccnc(C(C)=O)c1. The summed E-state index contributed by atoms with van der Waals surface area (Å²) < 4.78 is 4.92. The first-order valence-electron chi connectivity index (χ1n) is 3.69.